The first-order chi connectivity index (χ1) is 19.5. The van der Waals surface area contributed by atoms with E-state index in [1.807, 2.05) is 51.1 Å². The first-order valence-corrected chi connectivity index (χ1v) is 13.8. The van der Waals surface area contributed by atoms with Crippen molar-refractivity contribution >= 4 is 34.4 Å². The Hall–Kier alpha value is -4.59. The fraction of sp³-hybridized carbons (Fsp3) is 0.303. The second-order valence-corrected chi connectivity index (χ2v) is 11.4. The highest BCUT2D eigenvalue weighted by Gasteiger charge is 2.48. The van der Waals surface area contributed by atoms with Gasteiger partial charge in [0, 0.05) is 11.1 Å². The molecule has 1 unspecified atom stereocenters. The normalized spacial score (nSPS) is 17.0. The van der Waals surface area contributed by atoms with Crippen molar-refractivity contribution in [3.05, 3.63) is 89.0 Å². The smallest absolute Gasteiger partial charge is 0.302 e. The zero-order valence-electron chi connectivity index (χ0n) is 24.2. The molecule has 0 aliphatic carbocycles. The number of hydrogen-bond acceptors (Lipinski definition) is 6. The van der Waals surface area contributed by atoms with Gasteiger partial charge in [0.1, 0.15) is 17.3 Å². The molecule has 0 saturated carbocycles. The number of ketones is 1. The first kappa shape index (κ1) is 28.0. The quantitative estimate of drug-likeness (QED) is 0.150. The molecule has 3 aromatic carbocycles. The molecule has 41 heavy (non-hydrogen) atoms. The van der Waals surface area contributed by atoms with E-state index in [1.165, 1.54) is 4.90 Å². The number of rotatable bonds is 7. The maximum absolute atomic E-state index is 13.7. The van der Waals surface area contributed by atoms with Crippen LogP contribution in [0.1, 0.15) is 64.3 Å². The Kier molecular flexibility index (Phi) is 7.34. The van der Waals surface area contributed by atoms with Gasteiger partial charge in [-0.3, -0.25) is 14.5 Å². The molecule has 1 fully saturated rings. The van der Waals surface area contributed by atoms with Crippen molar-refractivity contribution in [1.82, 2.24) is 9.97 Å². The molecule has 8 heteroatoms. The van der Waals surface area contributed by atoms with Crippen molar-refractivity contribution in [1.29, 1.82) is 0 Å². The highest BCUT2D eigenvalue weighted by molar-refractivity contribution is 6.51. The number of carbonyl (C=O) groups excluding carboxylic acids is 2. The second kappa shape index (κ2) is 10.8. The number of imidazole rings is 1. The van der Waals surface area contributed by atoms with Gasteiger partial charge < -0.3 is 19.6 Å². The topological polar surface area (TPSA) is 105 Å². The molecule has 4 aromatic rings. The maximum atomic E-state index is 13.7. The summed E-state index contributed by atoms with van der Waals surface area (Å²) in [5, 5.41) is 11.7. The number of H-pyrrole nitrogens is 1. The first-order valence-electron chi connectivity index (χ1n) is 13.8. The minimum absolute atomic E-state index is 0.0151. The van der Waals surface area contributed by atoms with Crippen molar-refractivity contribution in [3.8, 4) is 11.5 Å². The van der Waals surface area contributed by atoms with Crippen LogP contribution in [0.5, 0.6) is 11.5 Å². The predicted molar refractivity (Wildman–Crippen MR) is 159 cm³/mol. The number of nitrogens with zero attached hydrogens (tertiary/aromatic N) is 2. The van der Waals surface area contributed by atoms with Gasteiger partial charge in [-0.05, 0) is 74.2 Å². The summed E-state index contributed by atoms with van der Waals surface area (Å²) in [6.45, 7) is 12.4. The molecule has 1 aliphatic rings. The highest BCUT2D eigenvalue weighted by Crippen LogP contribution is 2.43. The summed E-state index contributed by atoms with van der Waals surface area (Å²) in [6.07, 6.45) is -0.0151. The van der Waals surface area contributed by atoms with Crippen molar-refractivity contribution in [2.24, 2.45) is 0 Å². The number of nitrogens with one attached hydrogen (secondary N) is 1. The number of aromatic amines is 1. The average molecular weight is 554 g/mol. The summed E-state index contributed by atoms with van der Waals surface area (Å²) in [7, 11) is 0. The Bertz CT molecular complexity index is 1610. The number of fused-ring (bicyclic) bond motifs is 1. The van der Waals surface area contributed by atoms with E-state index in [9.17, 15) is 14.7 Å². The number of aliphatic hydroxyl groups is 1. The van der Waals surface area contributed by atoms with Gasteiger partial charge in [0.25, 0.3) is 5.78 Å². The van der Waals surface area contributed by atoms with Crippen LogP contribution in [0.3, 0.4) is 0 Å². The van der Waals surface area contributed by atoms with Gasteiger partial charge in [-0.2, -0.15) is 0 Å². The highest BCUT2D eigenvalue weighted by atomic mass is 16.5. The molecule has 1 atom stereocenters. The van der Waals surface area contributed by atoms with Gasteiger partial charge in [-0.1, -0.05) is 45.0 Å². The molecule has 0 spiro atoms. The van der Waals surface area contributed by atoms with Crippen LogP contribution in [-0.2, 0) is 15.0 Å². The van der Waals surface area contributed by atoms with E-state index in [-0.39, 0.29) is 28.8 Å². The third kappa shape index (κ3) is 5.29. The van der Waals surface area contributed by atoms with Crippen molar-refractivity contribution < 1.29 is 24.2 Å². The Balaban J connectivity index is 1.70. The standard InChI is InChI=1S/C33H35N3O5/c1-7-40-26-17-14-21(18-23(26)33(4,5)6)29(37)27-28(20-12-15-22(16-13-20)41-19(2)3)36(31(39)30(27)38)32-34-24-10-8-9-11-25(24)35-32/h8-19,28,37H,7H2,1-6H3,(H,34,35)/b29-27+. The lowest BCUT2D eigenvalue weighted by Gasteiger charge is -2.25. The van der Waals surface area contributed by atoms with Crippen LogP contribution < -0.4 is 14.4 Å². The number of hydrogen-bond donors (Lipinski definition) is 2. The van der Waals surface area contributed by atoms with Crippen LogP contribution in [0.4, 0.5) is 5.95 Å². The summed E-state index contributed by atoms with van der Waals surface area (Å²) in [4.78, 5) is 36.4. The number of benzene rings is 3. The van der Waals surface area contributed by atoms with Gasteiger partial charge in [-0.15, -0.1) is 0 Å². The predicted octanol–water partition coefficient (Wildman–Crippen LogP) is 6.67. The lowest BCUT2D eigenvalue weighted by atomic mass is 9.84. The third-order valence-corrected chi connectivity index (χ3v) is 6.98. The van der Waals surface area contributed by atoms with Gasteiger partial charge in [0.05, 0.1) is 35.4 Å². The van der Waals surface area contributed by atoms with Gasteiger partial charge >= 0.3 is 5.91 Å². The fourth-order valence-corrected chi connectivity index (χ4v) is 5.12. The second-order valence-electron chi connectivity index (χ2n) is 11.4. The van der Waals surface area contributed by atoms with Crippen LogP contribution in [0, 0.1) is 0 Å². The molecule has 0 bridgehead atoms. The zero-order valence-corrected chi connectivity index (χ0v) is 24.2. The molecule has 212 valence electrons. The fourth-order valence-electron chi connectivity index (χ4n) is 5.12. The average Bonchev–Trinajstić information content (AvgIpc) is 3.46. The third-order valence-electron chi connectivity index (χ3n) is 6.98. The van der Waals surface area contributed by atoms with Crippen LogP contribution in [-0.4, -0.2) is 39.5 Å². The van der Waals surface area contributed by atoms with E-state index in [1.54, 1.807) is 36.4 Å². The van der Waals surface area contributed by atoms with E-state index < -0.39 is 17.7 Å². The van der Waals surface area contributed by atoms with E-state index in [4.69, 9.17) is 9.47 Å². The lowest BCUT2D eigenvalue weighted by Crippen LogP contribution is -2.30. The number of amides is 1. The molecule has 1 saturated heterocycles. The maximum Gasteiger partial charge on any atom is 0.302 e. The molecule has 2 N–H and O–H groups in total. The summed E-state index contributed by atoms with van der Waals surface area (Å²) >= 11 is 0. The number of aromatic nitrogens is 2. The largest absolute Gasteiger partial charge is 0.507 e. The molecule has 0 radical (unpaired) electrons. The Morgan fingerprint density at radius 1 is 1.05 bits per heavy atom. The van der Waals surface area contributed by atoms with Crippen molar-refractivity contribution in [2.75, 3.05) is 11.5 Å². The molecule has 5 rings (SSSR count). The summed E-state index contributed by atoms with van der Waals surface area (Å²) in [5.41, 5.74) is 3.00. The number of para-hydroxylation sites is 2. The zero-order chi connectivity index (χ0) is 29.5. The number of Topliss-reactive ketones (excluding diaryl/α,β-unsaturated/α-hetero) is 1. The van der Waals surface area contributed by atoms with E-state index in [2.05, 4.69) is 30.7 Å². The summed E-state index contributed by atoms with van der Waals surface area (Å²) < 4.78 is 11.6. The Labute approximate surface area is 239 Å². The van der Waals surface area contributed by atoms with E-state index in [0.717, 1.165) is 11.1 Å². The summed E-state index contributed by atoms with van der Waals surface area (Å²) in [5.74, 6) is -0.242. The van der Waals surface area contributed by atoms with Crippen LogP contribution in [0.25, 0.3) is 16.8 Å². The van der Waals surface area contributed by atoms with Gasteiger partial charge in [0.15, 0.2) is 0 Å². The number of aliphatic hydroxyl groups excluding tert-OH is 1. The van der Waals surface area contributed by atoms with Crippen molar-refractivity contribution in [3.63, 3.8) is 0 Å². The lowest BCUT2D eigenvalue weighted by molar-refractivity contribution is -0.132. The SMILES string of the molecule is CCOc1ccc(/C(O)=C2\C(=O)C(=O)N(c3nc4ccccc4[nH]3)C2c2ccc(OC(C)C)cc2)cc1C(C)(C)C. The number of anilines is 1. The summed E-state index contributed by atoms with van der Waals surface area (Å²) in [6, 6.07) is 19.0. The molecular weight excluding hydrogens is 518 g/mol. The van der Waals surface area contributed by atoms with Gasteiger partial charge in [-0.25, -0.2) is 4.98 Å². The van der Waals surface area contributed by atoms with Crippen LogP contribution in [0.15, 0.2) is 72.3 Å². The number of ether oxygens (including phenoxy) is 2. The minimum atomic E-state index is -0.923. The van der Waals surface area contributed by atoms with E-state index >= 15 is 0 Å². The van der Waals surface area contributed by atoms with Crippen molar-refractivity contribution in [2.45, 2.75) is 59.1 Å². The minimum Gasteiger partial charge on any atom is -0.507 e. The molecular formula is C33H35N3O5. The molecule has 8 nitrogen and oxygen atoms in total. The van der Waals surface area contributed by atoms with Gasteiger partial charge in [0.2, 0.25) is 5.95 Å². The molecule has 2 heterocycles. The number of carbonyl (C=O) groups is 2. The molecule has 1 aromatic heterocycles. The monoisotopic (exact) mass is 553 g/mol. The van der Waals surface area contributed by atoms with Crippen LogP contribution in [0.2, 0.25) is 0 Å². The Morgan fingerprint density at radius 2 is 1.76 bits per heavy atom. The van der Waals surface area contributed by atoms with Crippen LogP contribution >= 0.6 is 0 Å². The molecule has 1 amide bonds. The van der Waals surface area contributed by atoms with E-state index in [0.29, 0.717) is 34.7 Å². The molecule has 1 aliphatic heterocycles. The Morgan fingerprint density at radius 3 is 2.39 bits per heavy atom.